The topological polar surface area (TPSA) is 20.3 Å². The molecule has 1 aliphatic heterocycles. The van der Waals surface area contributed by atoms with Crippen molar-refractivity contribution in [1.82, 2.24) is 4.90 Å². The highest BCUT2D eigenvalue weighted by atomic mass is 16.1. The lowest BCUT2D eigenvalue weighted by Crippen LogP contribution is -2.60. The van der Waals surface area contributed by atoms with Gasteiger partial charge in [-0.3, -0.25) is 9.69 Å². The fourth-order valence-corrected chi connectivity index (χ4v) is 2.26. The Hall–Kier alpha value is -1.15. The predicted molar refractivity (Wildman–Crippen MR) is 65.6 cm³/mol. The molecule has 1 aliphatic rings. The Kier molecular flexibility index (Phi) is 2.85. The number of nitrogens with zero attached hydrogens (tertiary/aromatic N) is 1. The molecule has 2 rings (SSSR count). The van der Waals surface area contributed by atoms with Crippen molar-refractivity contribution in [2.24, 2.45) is 0 Å². The molecule has 16 heavy (non-hydrogen) atoms. The summed E-state index contributed by atoms with van der Waals surface area (Å²) in [6.45, 7) is 7.53. The second-order valence-corrected chi connectivity index (χ2v) is 5.40. The highest BCUT2D eigenvalue weighted by Crippen LogP contribution is 2.29. The maximum atomic E-state index is 12.2. The first-order valence-electron chi connectivity index (χ1n) is 5.86. The van der Waals surface area contributed by atoms with E-state index in [0.29, 0.717) is 0 Å². The molecule has 0 radical (unpaired) electrons. The molecule has 1 atom stereocenters. The van der Waals surface area contributed by atoms with Gasteiger partial charge in [-0.2, -0.15) is 0 Å². The number of ketones is 1. The summed E-state index contributed by atoms with van der Waals surface area (Å²) in [5.74, 6) is 0.266. The number of hydrogen-bond donors (Lipinski definition) is 0. The van der Waals surface area contributed by atoms with E-state index in [1.54, 1.807) is 0 Å². The third-order valence-electron chi connectivity index (χ3n) is 3.24. The lowest BCUT2D eigenvalue weighted by Gasteiger charge is -2.48. The monoisotopic (exact) mass is 217 g/mol. The van der Waals surface area contributed by atoms with Gasteiger partial charge in [-0.05, 0) is 27.2 Å². The van der Waals surface area contributed by atoms with Gasteiger partial charge >= 0.3 is 0 Å². The van der Waals surface area contributed by atoms with Crippen LogP contribution in [0, 0.1) is 0 Å². The zero-order chi connectivity index (χ0) is 11.8. The molecular formula is C14H19NO. The van der Waals surface area contributed by atoms with Gasteiger partial charge in [0.2, 0.25) is 0 Å². The van der Waals surface area contributed by atoms with Crippen molar-refractivity contribution in [3.8, 4) is 0 Å². The maximum absolute atomic E-state index is 12.2. The van der Waals surface area contributed by atoms with Crippen LogP contribution in [0.15, 0.2) is 30.3 Å². The van der Waals surface area contributed by atoms with Crippen LogP contribution in [-0.2, 0) is 0 Å². The second-order valence-electron chi connectivity index (χ2n) is 5.40. The first kappa shape index (κ1) is 11.3. The Bertz CT molecular complexity index is 377. The minimum absolute atomic E-state index is 0.0856. The van der Waals surface area contributed by atoms with Crippen molar-refractivity contribution >= 4 is 5.78 Å². The first-order chi connectivity index (χ1) is 7.50. The van der Waals surface area contributed by atoms with E-state index in [4.69, 9.17) is 0 Å². The Balaban J connectivity index is 2.13. The third kappa shape index (κ3) is 2.03. The molecule has 1 heterocycles. The van der Waals surface area contributed by atoms with Crippen molar-refractivity contribution in [3.63, 3.8) is 0 Å². The molecule has 1 fully saturated rings. The Labute approximate surface area is 97.3 Å². The van der Waals surface area contributed by atoms with Gasteiger partial charge in [0.05, 0.1) is 6.04 Å². The van der Waals surface area contributed by atoms with Gasteiger partial charge in [0.15, 0.2) is 5.78 Å². The molecule has 0 aromatic heterocycles. The van der Waals surface area contributed by atoms with Crippen molar-refractivity contribution in [3.05, 3.63) is 35.9 Å². The van der Waals surface area contributed by atoms with Crippen LogP contribution >= 0.6 is 0 Å². The Morgan fingerprint density at radius 1 is 1.25 bits per heavy atom. The van der Waals surface area contributed by atoms with Gasteiger partial charge in [-0.1, -0.05) is 30.3 Å². The summed E-state index contributed by atoms with van der Waals surface area (Å²) >= 11 is 0. The van der Waals surface area contributed by atoms with Crippen LogP contribution in [-0.4, -0.2) is 28.8 Å². The Morgan fingerprint density at radius 3 is 2.31 bits per heavy atom. The van der Waals surface area contributed by atoms with E-state index in [0.717, 1.165) is 18.5 Å². The van der Waals surface area contributed by atoms with Gasteiger partial charge in [0.1, 0.15) is 0 Å². The molecule has 1 saturated heterocycles. The number of likely N-dealkylation sites (tertiary alicyclic amines) is 1. The summed E-state index contributed by atoms with van der Waals surface area (Å²) in [4.78, 5) is 14.5. The van der Waals surface area contributed by atoms with Crippen LogP contribution in [0.25, 0.3) is 0 Å². The molecule has 0 bridgehead atoms. The van der Waals surface area contributed by atoms with E-state index >= 15 is 0 Å². The lowest BCUT2D eigenvalue weighted by molar-refractivity contribution is 0.00762. The van der Waals surface area contributed by atoms with E-state index in [9.17, 15) is 4.79 Å². The molecule has 1 aromatic carbocycles. The van der Waals surface area contributed by atoms with E-state index < -0.39 is 0 Å². The SMILES string of the molecule is CC(C)(C)N1CCC1C(=O)c1ccccc1. The van der Waals surface area contributed by atoms with E-state index in [1.807, 2.05) is 30.3 Å². The number of Topliss-reactive ketones (excluding diaryl/α,β-unsaturated/α-hetero) is 1. The van der Waals surface area contributed by atoms with Crippen LogP contribution in [0.5, 0.6) is 0 Å². The van der Waals surface area contributed by atoms with Gasteiger partial charge in [-0.15, -0.1) is 0 Å². The summed E-state index contributed by atoms with van der Waals surface area (Å²) in [7, 11) is 0. The number of rotatable bonds is 2. The molecule has 0 N–H and O–H groups in total. The quantitative estimate of drug-likeness (QED) is 0.710. The van der Waals surface area contributed by atoms with E-state index in [1.165, 1.54) is 0 Å². The van der Waals surface area contributed by atoms with Crippen molar-refractivity contribution in [1.29, 1.82) is 0 Å². The molecule has 0 spiro atoms. The summed E-state index contributed by atoms with van der Waals surface area (Å²) in [6, 6.07) is 9.69. The van der Waals surface area contributed by atoms with Crippen LogP contribution < -0.4 is 0 Å². The largest absolute Gasteiger partial charge is 0.292 e. The van der Waals surface area contributed by atoms with E-state index in [-0.39, 0.29) is 17.4 Å². The molecule has 2 nitrogen and oxygen atoms in total. The van der Waals surface area contributed by atoms with Crippen molar-refractivity contribution < 1.29 is 4.79 Å². The molecule has 0 amide bonds. The summed E-state index contributed by atoms with van der Waals surface area (Å²) in [5.41, 5.74) is 0.925. The fourth-order valence-electron chi connectivity index (χ4n) is 2.26. The molecule has 1 unspecified atom stereocenters. The van der Waals surface area contributed by atoms with Crippen molar-refractivity contribution in [2.45, 2.75) is 38.8 Å². The minimum atomic E-state index is 0.0856. The van der Waals surface area contributed by atoms with Crippen LogP contribution in [0.2, 0.25) is 0 Å². The highest BCUT2D eigenvalue weighted by Gasteiger charge is 2.40. The van der Waals surface area contributed by atoms with Crippen LogP contribution in [0.3, 0.4) is 0 Å². The maximum Gasteiger partial charge on any atom is 0.180 e. The van der Waals surface area contributed by atoms with Gasteiger partial charge < -0.3 is 0 Å². The zero-order valence-corrected chi connectivity index (χ0v) is 10.2. The van der Waals surface area contributed by atoms with Crippen LogP contribution in [0.4, 0.5) is 0 Å². The smallest absolute Gasteiger partial charge is 0.180 e. The predicted octanol–water partition coefficient (Wildman–Crippen LogP) is 2.74. The fraction of sp³-hybridized carbons (Fsp3) is 0.500. The number of carbonyl (C=O) groups excluding carboxylic acids is 1. The summed E-state index contributed by atoms with van der Waals surface area (Å²) < 4.78 is 0. The van der Waals surface area contributed by atoms with Gasteiger partial charge in [0, 0.05) is 17.6 Å². The van der Waals surface area contributed by atoms with Crippen LogP contribution in [0.1, 0.15) is 37.6 Å². The average Bonchev–Trinajstić information content (AvgIpc) is 2.14. The average molecular weight is 217 g/mol. The first-order valence-corrected chi connectivity index (χ1v) is 5.86. The van der Waals surface area contributed by atoms with E-state index in [2.05, 4.69) is 25.7 Å². The number of carbonyl (C=O) groups is 1. The molecule has 86 valence electrons. The molecule has 1 aromatic rings. The summed E-state index contributed by atoms with van der Waals surface area (Å²) in [5, 5.41) is 0. The lowest BCUT2D eigenvalue weighted by atomic mass is 9.88. The standard InChI is InChI=1S/C14H19NO/c1-14(2,3)15-10-9-12(15)13(16)11-7-5-4-6-8-11/h4-8,12H,9-10H2,1-3H3. The molecule has 0 saturated carbocycles. The molecular weight excluding hydrogens is 198 g/mol. The second kappa shape index (κ2) is 4.02. The molecule has 2 heteroatoms. The van der Waals surface area contributed by atoms with Gasteiger partial charge in [0.25, 0.3) is 0 Å². The third-order valence-corrected chi connectivity index (χ3v) is 3.24. The number of hydrogen-bond acceptors (Lipinski definition) is 2. The normalized spacial score (nSPS) is 21.6. The minimum Gasteiger partial charge on any atom is -0.292 e. The molecule has 0 aliphatic carbocycles. The highest BCUT2D eigenvalue weighted by molar-refractivity contribution is 6.00. The summed E-state index contributed by atoms with van der Waals surface area (Å²) in [6.07, 6.45) is 0.991. The zero-order valence-electron chi connectivity index (χ0n) is 10.2. The Morgan fingerprint density at radius 2 is 1.88 bits per heavy atom. The van der Waals surface area contributed by atoms with Crippen molar-refractivity contribution in [2.75, 3.05) is 6.54 Å². The number of benzene rings is 1. The van der Waals surface area contributed by atoms with Gasteiger partial charge in [-0.25, -0.2) is 0 Å².